The first-order chi connectivity index (χ1) is 16.7. The molecule has 0 unspecified atom stereocenters. The summed E-state index contributed by atoms with van der Waals surface area (Å²) in [6.07, 6.45) is -4.63. The quantitative estimate of drug-likeness (QED) is 0.177. The van der Waals surface area contributed by atoms with E-state index in [1.54, 1.807) is 0 Å². The summed E-state index contributed by atoms with van der Waals surface area (Å²) >= 11 is 6.30. The molecule has 0 N–H and O–H groups in total. The lowest BCUT2D eigenvalue weighted by Gasteiger charge is -2.17. The Morgan fingerprint density at radius 2 is 1.69 bits per heavy atom. The maximum Gasteiger partial charge on any atom is 0.416 e. The number of hydrogen-bond donors (Lipinski definition) is 0. The van der Waals surface area contributed by atoms with Crippen molar-refractivity contribution in [2.75, 3.05) is 7.05 Å². The van der Waals surface area contributed by atoms with Crippen LogP contribution >= 0.6 is 23.5 Å². The third-order valence-corrected chi connectivity index (χ3v) is 7.92. The molecule has 0 aliphatic carbocycles. The van der Waals surface area contributed by atoms with Gasteiger partial charge in [-0.15, -0.1) is 3.71 Å². The number of halogens is 4. The summed E-state index contributed by atoms with van der Waals surface area (Å²) in [6.45, 7) is 0. The standard InChI is InChI=1S/C20H13ClF3N3O7S2/c1-25(36(32,33)15-4-2-3-13(10-15)26(28)29)35-19-11-14(6-7-17(19)27(30)31)34-18-8-5-12(9-16(18)21)20(22,23)24/h2-11H,1H3. The molecule has 0 saturated heterocycles. The van der Waals surface area contributed by atoms with Crippen LogP contribution in [-0.2, 0) is 16.2 Å². The van der Waals surface area contributed by atoms with E-state index in [1.165, 1.54) is 6.07 Å². The van der Waals surface area contributed by atoms with Crippen molar-refractivity contribution in [3.63, 3.8) is 0 Å². The highest BCUT2D eigenvalue weighted by atomic mass is 35.5. The Morgan fingerprint density at radius 3 is 2.28 bits per heavy atom. The monoisotopic (exact) mass is 563 g/mol. The van der Waals surface area contributed by atoms with Crippen LogP contribution in [0.5, 0.6) is 11.5 Å². The minimum absolute atomic E-state index is 0.0779. The van der Waals surface area contributed by atoms with Gasteiger partial charge in [0, 0.05) is 31.3 Å². The van der Waals surface area contributed by atoms with Gasteiger partial charge < -0.3 is 4.74 Å². The molecule has 36 heavy (non-hydrogen) atoms. The summed E-state index contributed by atoms with van der Waals surface area (Å²) in [5.41, 5.74) is -1.97. The summed E-state index contributed by atoms with van der Waals surface area (Å²) in [5, 5.41) is 22.1. The number of non-ortho nitro benzene ring substituents is 1. The van der Waals surface area contributed by atoms with Crippen LogP contribution in [0.4, 0.5) is 24.5 Å². The fraction of sp³-hybridized carbons (Fsp3) is 0.100. The van der Waals surface area contributed by atoms with E-state index >= 15 is 0 Å². The molecule has 3 aromatic rings. The predicted octanol–water partition coefficient (Wildman–Crippen LogP) is 6.30. The van der Waals surface area contributed by atoms with Gasteiger partial charge in [0.05, 0.1) is 25.3 Å². The maximum absolute atomic E-state index is 12.9. The molecule has 10 nitrogen and oxygen atoms in total. The van der Waals surface area contributed by atoms with E-state index < -0.39 is 47.9 Å². The molecule has 190 valence electrons. The second-order valence-electron chi connectivity index (χ2n) is 6.89. The van der Waals surface area contributed by atoms with Crippen LogP contribution in [-0.4, -0.2) is 29.0 Å². The Hall–Kier alpha value is -3.40. The number of nitro groups is 2. The molecular weight excluding hydrogens is 551 g/mol. The minimum Gasteiger partial charge on any atom is -0.456 e. The molecule has 0 radical (unpaired) electrons. The second kappa shape index (κ2) is 10.3. The van der Waals surface area contributed by atoms with E-state index in [0.717, 1.165) is 55.6 Å². The van der Waals surface area contributed by atoms with E-state index in [0.29, 0.717) is 21.7 Å². The van der Waals surface area contributed by atoms with Crippen molar-refractivity contribution in [3.8, 4) is 11.5 Å². The van der Waals surface area contributed by atoms with Gasteiger partial charge in [-0.05, 0) is 42.3 Å². The van der Waals surface area contributed by atoms with E-state index in [-0.39, 0.29) is 21.4 Å². The van der Waals surface area contributed by atoms with Crippen molar-refractivity contribution >= 4 is 44.9 Å². The van der Waals surface area contributed by atoms with Crippen molar-refractivity contribution in [2.45, 2.75) is 16.0 Å². The average Bonchev–Trinajstić information content (AvgIpc) is 2.79. The average molecular weight is 564 g/mol. The van der Waals surface area contributed by atoms with Crippen molar-refractivity contribution in [2.24, 2.45) is 0 Å². The van der Waals surface area contributed by atoms with Crippen LogP contribution in [0.1, 0.15) is 5.56 Å². The van der Waals surface area contributed by atoms with Crippen molar-refractivity contribution < 1.29 is 36.2 Å². The Morgan fingerprint density at radius 1 is 1.00 bits per heavy atom. The van der Waals surface area contributed by atoms with Crippen LogP contribution in [0.15, 0.2) is 70.5 Å². The largest absolute Gasteiger partial charge is 0.456 e. The van der Waals surface area contributed by atoms with Gasteiger partial charge in [0.15, 0.2) is 0 Å². The van der Waals surface area contributed by atoms with Crippen LogP contribution in [0.3, 0.4) is 0 Å². The topological polar surface area (TPSA) is 133 Å². The number of sulfonamides is 1. The van der Waals surface area contributed by atoms with Crippen molar-refractivity contribution in [1.29, 1.82) is 0 Å². The molecule has 0 atom stereocenters. The highest BCUT2D eigenvalue weighted by Crippen LogP contribution is 2.40. The zero-order chi connectivity index (χ0) is 26.8. The van der Waals surface area contributed by atoms with Gasteiger partial charge in [-0.2, -0.15) is 13.2 Å². The number of nitrogens with zero attached hydrogens (tertiary/aromatic N) is 3. The number of benzene rings is 3. The fourth-order valence-corrected chi connectivity index (χ4v) is 5.37. The Kier molecular flexibility index (Phi) is 7.78. The minimum atomic E-state index is -4.63. The van der Waals surface area contributed by atoms with Gasteiger partial charge in [-0.1, -0.05) is 17.7 Å². The molecule has 3 rings (SSSR count). The van der Waals surface area contributed by atoms with Gasteiger partial charge >= 0.3 is 6.18 Å². The molecule has 0 bridgehead atoms. The lowest BCUT2D eigenvalue weighted by molar-refractivity contribution is -0.387. The molecule has 0 spiro atoms. The molecule has 0 saturated carbocycles. The van der Waals surface area contributed by atoms with Crippen LogP contribution in [0.25, 0.3) is 0 Å². The van der Waals surface area contributed by atoms with E-state index in [2.05, 4.69) is 0 Å². The smallest absolute Gasteiger partial charge is 0.416 e. The van der Waals surface area contributed by atoms with E-state index in [9.17, 15) is 41.8 Å². The number of alkyl halides is 3. The Balaban J connectivity index is 1.93. The van der Waals surface area contributed by atoms with Gasteiger partial charge in [-0.25, -0.2) is 8.42 Å². The third kappa shape index (κ3) is 6.04. The Bertz CT molecular complexity index is 1450. The second-order valence-corrected chi connectivity index (χ2v) is 10.7. The van der Waals surface area contributed by atoms with Gasteiger partial charge in [0.1, 0.15) is 16.4 Å². The molecule has 0 aliphatic rings. The lowest BCUT2D eigenvalue weighted by Crippen LogP contribution is -2.20. The normalized spacial score (nSPS) is 11.9. The van der Waals surface area contributed by atoms with Gasteiger partial charge in [0.25, 0.3) is 21.4 Å². The number of hydrogen-bond acceptors (Lipinski definition) is 8. The summed E-state index contributed by atoms with van der Waals surface area (Å²) in [5.74, 6) is -0.252. The van der Waals surface area contributed by atoms with E-state index in [1.807, 2.05) is 0 Å². The first kappa shape index (κ1) is 27.2. The van der Waals surface area contributed by atoms with Gasteiger partial charge in [0.2, 0.25) is 0 Å². The third-order valence-electron chi connectivity index (χ3n) is 4.51. The summed E-state index contributed by atoms with van der Waals surface area (Å²) < 4.78 is 70.5. The summed E-state index contributed by atoms with van der Waals surface area (Å²) in [4.78, 5) is 20.3. The van der Waals surface area contributed by atoms with Crippen LogP contribution < -0.4 is 4.74 Å². The van der Waals surface area contributed by atoms with Crippen molar-refractivity contribution in [1.82, 2.24) is 3.71 Å². The predicted molar refractivity (Wildman–Crippen MR) is 124 cm³/mol. The molecule has 3 aromatic carbocycles. The molecule has 0 heterocycles. The number of ether oxygens (including phenoxy) is 1. The maximum atomic E-state index is 12.9. The fourth-order valence-electron chi connectivity index (χ4n) is 2.76. The molecule has 0 aliphatic heterocycles. The molecular formula is C20H13ClF3N3O7S2. The molecule has 0 aromatic heterocycles. The molecule has 0 amide bonds. The highest BCUT2D eigenvalue weighted by molar-refractivity contribution is 8.08. The number of rotatable bonds is 8. The first-order valence-corrected chi connectivity index (χ1v) is 12.0. The highest BCUT2D eigenvalue weighted by Gasteiger charge is 2.31. The van der Waals surface area contributed by atoms with E-state index in [4.69, 9.17) is 16.3 Å². The van der Waals surface area contributed by atoms with Crippen molar-refractivity contribution in [3.05, 3.63) is 91.5 Å². The molecule has 0 fully saturated rings. The van der Waals surface area contributed by atoms with Crippen LogP contribution in [0.2, 0.25) is 5.02 Å². The Labute approximate surface area is 210 Å². The zero-order valence-electron chi connectivity index (χ0n) is 17.8. The molecule has 16 heteroatoms. The SMILES string of the molecule is CN(Sc1cc(Oc2ccc(C(F)(F)F)cc2Cl)ccc1[N+](=O)[O-])S(=O)(=O)c1cccc([N+](=O)[O-])c1. The lowest BCUT2D eigenvalue weighted by atomic mass is 10.2. The van der Waals surface area contributed by atoms with Gasteiger partial charge in [-0.3, -0.25) is 20.2 Å². The first-order valence-electron chi connectivity index (χ1n) is 9.44. The van der Waals surface area contributed by atoms with Crippen LogP contribution in [0, 0.1) is 20.2 Å². The summed E-state index contributed by atoms with van der Waals surface area (Å²) in [7, 11) is -3.25. The zero-order valence-corrected chi connectivity index (χ0v) is 20.2. The number of nitro benzene ring substituents is 2. The summed E-state index contributed by atoms with van der Waals surface area (Å²) in [6, 6.07) is 9.88.